The summed E-state index contributed by atoms with van der Waals surface area (Å²) in [6, 6.07) is 13.2. The van der Waals surface area contributed by atoms with Crippen molar-refractivity contribution < 1.29 is 0 Å². The summed E-state index contributed by atoms with van der Waals surface area (Å²) >= 11 is 1.91. The Balaban J connectivity index is 2.00. The second-order valence-corrected chi connectivity index (χ2v) is 7.09. The monoisotopic (exact) mass is 273 g/mol. The van der Waals surface area contributed by atoms with Crippen molar-refractivity contribution in [3.8, 4) is 0 Å². The lowest BCUT2D eigenvalue weighted by Gasteiger charge is -2.15. The standard InChI is InChI=1S/C17H23NS/c1-5-13-7-6-8-14(11-13)18-12-15-9-10-16(19-15)17(2,3)4/h6-11,18H,5,12H2,1-4H3. The van der Waals surface area contributed by atoms with E-state index >= 15 is 0 Å². The first-order valence-electron chi connectivity index (χ1n) is 6.91. The Kier molecular flexibility index (Phi) is 4.31. The third-order valence-electron chi connectivity index (χ3n) is 3.20. The Bertz CT molecular complexity index is 534. The van der Waals surface area contributed by atoms with E-state index in [1.807, 2.05) is 11.3 Å². The molecule has 1 aromatic carbocycles. The van der Waals surface area contributed by atoms with E-state index in [0.717, 1.165) is 13.0 Å². The largest absolute Gasteiger partial charge is 0.380 e. The molecule has 2 heteroatoms. The smallest absolute Gasteiger partial charge is 0.0494 e. The fourth-order valence-electron chi connectivity index (χ4n) is 1.97. The van der Waals surface area contributed by atoms with E-state index in [0.29, 0.717) is 0 Å². The molecule has 0 atom stereocenters. The number of rotatable bonds is 4. The Hall–Kier alpha value is -1.28. The van der Waals surface area contributed by atoms with Gasteiger partial charge in [-0.25, -0.2) is 0 Å². The Morgan fingerprint density at radius 2 is 1.89 bits per heavy atom. The summed E-state index contributed by atoms with van der Waals surface area (Å²) in [7, 11) is 0. The molecule has 1 N–H and O–H groups in total. The number of hydrogen-bond donors (Lipinski definition) is 1. The summed E-state index contributed by atoms with van der Waals surface area (Å²) in [6.45, 7) is 9.89. The molecule has 0 unspecified atom stereocenters. The number of anilines is 1. The fraction of sp³-hybridized carbons (Fsp3) is 0.412. The quantitative estimate of drug-likeness (QED) is 0.805. The molecule has 2 rings (SSSR count). The van der Waals surface area contributed by atoms with Gasteiger partial charge in [-0.2, -0.15) is 0 Å². The van der Waals surface area contributed by atoms with E-state index in [1.165, 1.54) is 21.0 Å². The molecule has 19 heavy (non-hydrogen) atoms. The van der Waals surface area contributed by atoms with E-state index in [4.69, 9.17) is 0 Å². The van der Waals surface area contributed by atoms with Crippen molar-refractivity contribution in [1.82, 2.24) is 0 Å². The molecule has 0 saturated carbocycles. The number of benzene rings is 1. The van der Waals surface area contributed by atoms with Gasteiger partial charge in [-0.1, -0.05) is 39.8 Å². The van der Waals surface area contributed by atoms with Gasteiger partial charge in [-0.15, -0.1) is 11.3 Å². The minimum absolute atomic E-state index is 0.255. The van der Waals surface area contributed by atoms with Gasteiger partial charge >= 0.3 is 0 Å². The van der Waals surface area contributed by atoms with Crippen molar-refractivity contribution >= 4 is 17.0 Å². The molecule has 0 aliphatic rings. The summed E-state index contributed by atoms with van der Waals surface area (Å²) in [5, 5.41) is 3.51. The average Bonchev–Trinajstić information content (AvgIpc) is 2.85. The first kappa shape index (κ1) is 14.1. The molecule has 2 aromatic rings. The number of thiophene rings is 1. The Labute approximate surface area is 120 Å². The maximum atomic E-state index is 3.51. The average molecular weight is 273 g/mol. The summed E-state index contributed by atoms with van der Waals surface area (Å²) in [4.78, 5) is 2.85. The zero-order chi connectivity index (χ0) is 13.9. The molecule has 102 valence electrons. The lowest BCUT2D eigenvalue weighted by atomic mass is 9.95. The van der Waals surface area contributed by atoms with Crippen molar-refractivity contribution in [2.75, 3.05) is 5.32 Å². The SMILES string of the molecule is CCc1cccc(NCc2ccc(C(C)(C)C)s2)c1. The number of hydrogen-bond acceptors (Lipinski definition) is 2. The highest BCUT2D eigenvalue weighted by Gasteiger charge is 2.15. The zero-order valence-electron chi connectivity index (χ0n) is 12.3. The predicted octanol–water partition coefficient (Wildman–Crippen LogP) is 5.22. The second-order valence-electron chi connectivity index (χ2n) is 5.92. The van der Waals surface area contributed by atoms with Gasteiger partial charge in [0.1, 0.15) is 0 Å². The summed E-state index contributed by atoms with van der Waals surface area (Å²) in [5.41, 5.74) is 2.85. The zero-order valence-corrected chi connectivity index (χ0v) is 13.1. The summed E-state index contributed by atoms with van der Waals surface area (Å²) < 4.78 is 0. The highest BCUT2D eigenvalue weighted by atomic mass is 32.1. The lowest BCUT2D eigenvalue weighted by Crippen LogP contribution is -2.07. The number of nitrogens with one attached hydrogen (secondary N) is 1. The van der Waals surface area contributed by atoms with Crippen molar-refractivity contribution in [1.29, 1.82) is 0 Å². The van der Waals surface area contributed by atoms with Crippen LogP contribution in [-0.4, -0.2) is 0 Å². The van der Waals surface area contributed by atoms with Gasteiger partial charge in [0, 0.05) is 22.0 Å². The van der Waals surface area contributed by atoms with E-state index < -0.39 is 0 Å². The van der Waals surface area contributed by atoms with Gasteiger partial charge in [0.2, 0.25) is 0 Å². The highest BCUT2D eigenvalue weighted by molar-refractivity contribution is 7.12. The molecule has 0 bridgehead atoms. The third-order valence-corrected chi connectivity index (χ3v) is 4.71. The minimum Gasteiger partial charge on any atom is -0.380 e. The highest BCUT2D eigenvalue weighted by Crippen LogP contribution is 2.29. The molecule has 1 heterocycles. The van der Waals surface area contributed by atoms with Crippen LogP contribution in [0.3, 0.4) is 0 Å². The minimum atomic E-state index is 0.255. The molecule has 1 nitrogen and oxygen atoms in total. The fourth-order valence-corrected chi connectivity index (χ4v) is 2.97. The van der Waals surface area contributed by atoms with E-state index in [1.54, 1.807) is 0 Å². The lowest BCUT2D eigenvalue weighted by molar-refractivity contribution is 0.604. The molecule has 0 spiro atoms. The van der Waals surface area contributed by atoms with E-state index in [-0.39, 0.29) is 5.41 Å². The maximum Gasteiger partial charge on any atom is 0.0494 e. The van der Waals surface area contributed by atoms with Crippen molar-refractivity contribution in [3.63, 3.8) is 0 Å². The van der Waals surface area contributed by atoms with Gasteiger partial charge in [-0.3, -0.25) is 0 Å². The van der Waals surface area contributed by atoms with E-state index in [9.17, 15) is 0 Å². The van der Waals surface area contributed by atoms with Crippen LogP contribution in [-0.2, 0) is 18.4 Å². The van der Waals surface area contributed by atoms with E-state index in [2.05, 4.69) is 69.4 Å². The predicted molar refractivity (Wildman–Crippen MR) is 86.2 cm³/mol. The Morgan fingerprint density at radius 1 is 1.11 bits per heavy atom. The van der Waals surface area contributed by atoms with Gasteiger partial charge in [0.15, 0.2) is 0 Å². The molecular formula is C17H23NS. The Morgan fingerprint density at radius 3 is 2.53 bits per heavy atom. The van der Waals surface area contributed by atoms with Crippen LogP contribution in [0.2, 0.25) is 0 Å². The van der Waals surface area contributed by atoms with Crippen LogP contribution in [0.5, 0.6) is 0 Å². The van der Waals surface area contributed by atoms with Crippen molar-refractivity contribution in [3.05, 3.63) is 51.7 Å². The normalized spacial score (nSPS) is 11.6. The molecule has 0 fully saturated rings. The maximum absolute atomic E-state index is 3.51. The molecule has 0 amide bonds. The molecule has 0 aliphatic heterocycles. The first-order chi connectivity index (χ1) is 8.99. The van der Waals surface area contributed by atoms with Gasteiger partial charge < -0.3 is 5.32 Å². The van der Waals surface area contributed by atoms with Crippen LogP contribution in [0.25, 0.3) is 0 Å². The van der Waals surface area contributed by atoms with Gasteiger partial charge in [-0.05, 0) is 41.7 Å². The molecule has 0 aliphatic carbocycles. The van der Waals surface area contributed by atoms with Crippen LogP contribution < -0.4 is 5.32 Å². The molecule has 0 radical (unpaired) electrons. The van der Waals surface area contributed by atoms with Crippen LogP contribution >= 0.6 is 11.3 Å². The molecule has 0 saturated heterocycles. The molecule has 1 aromatic heterocycles. The van der Waals surface area contributed by atoms with Gasteiger partial charge in [0.25, 0.3) is 0 Å². The van der Waals surface area contributed by atoms with Crippen molar-refractivity contribution in [2.45, 2.75) is 46.1 Å². The third kappa shape index (κ3) is 3.84. The number of aryl methyl sites for hydroxylation is 1. The van der Waals surface area contributed by atoms with Crippen LogP contribution in [0.4, 0.5) is 5.69 Å². The van der Waals surface area contributed by atoms with Crippen LogP contribution in [0.1, 0.15) is 43.0 Å². The first-order valence-corrected chi connectivity index (χ1v) is 7.72. The van der Waals surface area contributed by atoms with Crippen molar-refractivity contribution in [2.24, 2.45) is 0 Å². The summed E-state index contributed by atoms with van der Waals surface area (Å²) in [6.07, 6.45) is 1.09. The molecular weight excluding hydrogens is 250 g/mol. The van der Waals surface area contributed by atoms with Gasteiger partial charge in [0.05, 0.1) is 0 Å². The topological polar surface area (TPSA) is 12.0 Å². The van der Waals surface area contributed by atoms with Crippen LogP contribution in [0.15, 0.2) is 36.4 Å². The second kappa shape index (κ2) is 5.79. The summed E-state index contributed by atoms with van der Waals surface area (Å²) in [5.74, 6) is 0. The van der Waals surface area contributed by atoms with Crippen LogP contribution in [0, 0.1) is 0 Å².